The topological polar surface area (TPSA) is 113 Å². The Kier molecular flexibility index (Phi) is 5.79. The number of aliphatic carboxylic acids is 1. The number of carbonyl (C=O) groups excluding carboxylic acids is 2. The van der Waals surface area contributed by atoms with Gasteiger partial charge in [0, 0.05) is 6.54 Å². The van der Waals surface area contributed by atoms with Gasteiger partial charge < -0.3 is 21.1 Å². The zero-order chi connectivity index (χ0) is 15.2. The first-order valence-electron chi connectivity index (χ1n) is 6.96. The first kappa shape index (κ1) is 16.3. The molecule has 7 nitrogen and oxygen atoms in total. The maximum atomic E-state index is 12.2. The summed E-state index contributed by atoms with van der Waals surface area (Å²) in [4.78, 5) is 35.4. The molecule has 4 N–H and O–H groups in total. The van der Waals surface area contributed by atoms with Gasteiger partial charge in [-0.25, -0.2) is 4.79 Å². The number of nitrogens with two attached hydrogens (primary N) is 1. The van der Waals surface area contributed by atoms with E-state index in [0.29, 0.717) is 19.4 Å². The van der Waals surface area contributed by atoms with Crippen molar-refractivity contribution in [3.8, 4) is 0 Å². The molecule has 0 heterocycles. The van der Waals surface area contributed by atoms with Crippen LogP contribution in [0.1, 0.15) is 45.4 Å². The summed E-state index contributed by atoms with van der Waals surface area (Å²) in [6.45, 7) is 2.28. The maximum Gasteiger partial charge on any atom is 0.318 e. The second-order valence-electron chi connectivity index (χ2n) is 5.38. The minimum atomic E-state index is -0.931. The van der Waals surface area contributed by atoms with Gasteiger partial charge >= 0.3 is 12.0 Å². The normalized spacial score (nSPS) is 16.1. The van der Waals surface area contributed by atoms with Crippen molar-refractivity contribution >= 4 is 17.9 Å². The second-order valence-corrected chi connectivity index (χ2v) is 5.38. The minimum absolute atomic E-state index is 0.0864. The van der Waals surface area contributed by atoms with Gasteiger partial charge in [0.15, 0.2) is 0 Å². The van der Waals surface area contributed by atoms with Gasteiger partial charge in [0.2, 0.25) is 5.91 Å². The molecule has 0 bridgehead atoms. The Morgan fingerprint density at radius 1 is 1.35 bits per heavy atom. The lowest BCUT2D eigenvalue weighted by Gasteiger charge is -2.42. The Morgan fingerprint density at radius 2 is 2.00 bits per heavy atom. The number of carboxylic acids is 1. The van der Waals surface area contributed by atoms with E-state index in [1.807, 2.05) is 6.92 Å². The van der Waals surface area contributed by atoms with Crippen LogP contribution >= 0.6 is 0 Å². The number of amides is 3. The van der Waals surface area contributed by atoms with E-state index in [1.54, 1.807) is 0 Å². The Bertz CT molecular complexity index is 380. The number of hydrogen-bond acceptors (Lipinski definition) is 3. The van der Waals surface area contributed by atoms with E-state index >= 15 is 0 Å². The van der Waals surface area contributed by atoms with E-state index in [-0.39, 0.29) is 13.0 Å². The van der Waals surface area contributed by atoms with Gasteiger partial charge in [-0.3, -0.25) is 9.59 Å². The van der Waals surface area contributed by atoms with Crippen LogP contribution in [0.4, 0.5) is 4.79 Å². The molecule has 3 amide bonds. The van der Waals surface area contributed by atoms with E-state index in [9.17, 15) is 14.4 Å². The molecule has 0 saturated heterocycles. The van der Waals surface area contributed by atoms with Crippen molar-refractivity contribution < 1.29 is 19.5 Å². The summed E-state index contributed by atoms with van der Waals surface area (Å²) in [6.07, 6.45) is 3.79. The fraction of sp³-hybridized carbons (Fsp3) is 0.769. The molecule has 7 heteroatoms. The largest absolute Gasteiger partial charge is 0.481 e. The summed E-state index contributed by atoms with van der Waals surface area (Å²) >= 11 is 0. The predicted octanol–water partition coefficient (Wildman–Crippen LogP) is 0.681. The van der Waals surface area contributed by atoms with Crippen LogP contribution in [-0.4, -0.2) is 46.5 Å². The SMILES string of the molecule is CCCCN(CC(N)=O)C(=O)NC1(CC(=O)O)CCC1. The first-order chi connectivity index (χ1) is 9.38. The molecule has 0 atom stereocenters. The fourth-order valence-corrected chi connectivity index (χ4v) is 2.33. The highest BCUT2D eigenvalue weighted by atomic mass is 16.4. The van der Waals surface area contributed by atoms with Crippen LogP contribution in [0.25, 0.3) is 0 Å². The summed E-state index contributed by atoms with van der Waals surface area (Å²) in [5.41, 5.74) is 4.48. The van der Waals surface area contributed by atoms with Crippen LogP contribution in [0.15, 0.2) is 0 Å². The average Bonchev–Trinajstić information content (AvgIpc) is 2.30. The van der Waals surface area contributed by atoms with Crippen molar-refractivity contribution in [1.82, 2.24) is 10.2 Å². The van der Waals surface area contributed by atoms with Crippen molar-refractivity contribution in [1.29, 1.82) is 0 Å². The predicted molar refractivity (Wildman–Crippen MR) is 73.0 cm³/mol. The number of carboxylic acid groups (broad SMARTS) is 1. The number of rotatable bonds is 8. The molecule has 1 rings (SSSR count). The molecule has 1 aliphatic rings. The third-order valence-corrected chi connectivity index (χ3v) is 3.59. The lowest BCUT2D eigenvalue weighted by atomic mass is 9.74. The quantitative estimate of drug-likeness (QED) is 0.608. The van der Waals surface area contributed by atoms with Gasteiger partial charge in [0.1, 0.15) is 6.54 Å². The van der Waals surface area contributed by atoms with Gasteiger partial charge in [-0.2, -0.15) is 0 Å². The molecule has 0 unspecified atom stereocenters. The molecular formula is C13H23N3O4. The van der Waals surface area contributed by atoms with Gasteiger partial charge in [0.05, 0.1) is 12.0 Å². The highest BCUT2D eigenvalue weighted by molar-refractivity contribution is 5.83. The summed E-state index contributed by atoms with van der Waals surface area (Å²) in [7, 11) is 0. The molecule has 20 heavy (non-hydrogen) atoms. The smallest absolute Gasteiger partial charge is 0.318 e. The molecule has 0 aromatic carbocycles. The Balaban J connectivity index is 2.63. The van der Waals surface area contributed by atoms with Gasteiger partial charge in [-0.15, -0.1) is 0 Å². The number of unbranched alkanes of at least 4 members (excludes halogenated alkanes) is 1. The Morgan fingerprint density at radius 3 is 2.40 bits per heavy atom. The van der Waals surface area contributed by atoms with E-state index in [2.05, 4.69) is 5.32 Å². The maximum absolute atomic E-state index is 12.2. The van der Waals surface area contributed by atoms with Crippen LogP contribution in [0.3, 0.4) is 0 Å². The van der Waals surface area contributed by atoms with Crippen molar-refractivity contribution in [3.05, 3.63) is 0 Å². The zero-order valence-corrected chi connectivity index (χ0v) is 11.9. The standard InChI is InChI=1S/C13H23N3O4/c1-2-3-7-16(9-10(14)17)12(20)15-13(5-4-6-13)8-11(18)19/h2-9H2,1H3,(H2,14,17)(H,15,20)(H,18,19). The molecule has 0 spiro atoms. The Labute approximate surface area is 118 Å². The van der Waals surface area contributed by atoms with Crippen LogP contribution < -0.4 is 11.1 Å². The summed E-state index contributed by atoms with van der Waals surface area (Å²) in [5, 5.41) is 11.7. The average molecular weight is 285 g/mol. The second kappa shape index (κ2) is 7.12. The summed E-state index contributed by atoms with van der Waals surface area (Å²) in [5.74, 6) is -1.50. The molecule has 0 aliphatic heterocycles. The molecule has 0 aromatic heterocycles. The third-order valence-electron chi connectivity index (χ3n) is 3.59. The van der Waals surface area contributed by atoms with E-state index in [1.165, 1.54) is 4.90 Å². The number of nitrogens with zero attached hydrogens (tertiary/aromatic N) is 1. The zero-order valence-electron chi connectivity index (χ0n) is 11.9. The molecule has 1 fully saturated rings. The van der Waals surface area contributed by atoms with Gasteiger partial charge in [-0.1, -0.05) is 13.3 Å². The third kappa shape index (κ3) is 4.71. The first-order valence-corrected chi connectivity index (χ1v) is 6.96. The van der Waals surface area contributed by atoms with Crippen LogP contribution in [0, 0.1) is 0 Å². The van der Waals surface area contributed by atoms with E-state index < -0.39 is 23.4 Å². The lowest BCUT2D eigenvalue weighted by Crippen LogP contribution is -2.58. The van der Waals surface area contributed by atoms with Crippen molar-refractivity contribution in [2.24, 2.45) is 5.73 Å². The number of primary amides is 1. The van der Waals surface area contributed by atoms with Crippen LogP contribution in [-0.2, 0) is 9.59 Å². The molecule has 1 saturated carbocycles. The van der Waals surface area contributed by atoms with E-state index in [0.717, 1.165) is 19.3 Å². The number of urea groups is 1. The molecule has 0 radical (unpaired) electrons. The summed E-state index contributed by atoms with van der Waals surface area (Å²) < 4.78 is 0. The Hall–Kier alpha value is -1.79. The van der Waals surface area contributed by atoms with Gasteiger partial charge in [0.25, 0.3) is 0 Å². The molecule has 114 valence electrons. The highest BCUT2D eigenvalue weighted by Gasteiger charge is 2.41. The van der Waals surface area contributed by atoms with Crippen molar-refractivity contribution in [2.45, 2.75) is 51.0 Å². The minimum Gasteiger partial charge on any atom is -0.481 e. The monoisotopic (exact) mass is 285 g/mol. The van der Waals surface area contributed by atoms with Gasteiger partial charge in [-0.05, 0) is 25.7 Å². The summed E-state index contributed by atoms with van der Waals surface area (Å²) in [6, 6.07) is -0.404. The lowest BCUT2D eigenvalue weighted by molar-refractivity contribution is -0.139. The molecule has 0 aromatic rings. The fourth-order valence-electron chi connectivity index (χ4n) is 2.33. The molecular weight excluding hydrogens is 262 g/mol. The van der Waals surface area contributed by atoms with Crippen molar-refractivity contribution in [3.63, 3.8) is 0 Å². The van der Waals surface area contributed by atoms with Crippen molar-refractivity contribution in [2.75, 3.05) is 13.1 Å². The number of carbonyl (C=O) groups is 3. The highest BCUT2D eigenvalue weighted by Crippen LogP contribution is 2.35. The van der Waals surface area contributed by atoms with E-state index in [4.69, 9.17) is 10.8 Å². The number of nitrogens with one attached hydrogen (secondary N) is 1. The number of hydrogen-bond donors (Lipinski definition) is 3. The molecule has 1 aliphatic carbocycles. The van der Waals surface area contributed by atoms with Crippen LogP contribution in [0.5, 0.6) is 0 Å². The van der Waals surface area contributed by atoms with Crippen LogP contribution in [0.2, 0.25) is 0 Å².